The monoisotopic (exact) mass is 1010 g/mol. The molecule has 16 nitrogen and oxygen atoms in total. The first-order valence-corrected chi connectivity index (χ1v) is 26.3. The van der Waals surface area contributed by atoms with Gasteiger partial charge in [-0.2, -0.15) is 5.26 Å². The van der Waals surface area contributed by atoms with Gasteiger partial charge in [-0.05, 0) is 78.1 Å². The normalized spacial score (nSPS) is 18.0. The highest BCUT2D eigenvalue weighted by molar-refractivity contribution is 7.13. The molecular formula is C56H68N8O8S. The number of nitrogens with zero attached hydrogens (tertiary/aromatic N) is 4. The van der Waals surface area contributed by atoms with Gasteiger partial charge in [0.15, 0.2) is 5.78 Å². The van der Waals surface area contributed by atoms with Crippen molar-refractivity contribution in [3.05, 3.63) is 105 Å². The minimum Gasteiger partial charge on any atom is -0.391 e. The van der Waals surface area contributed by atoms with Crippen LogP contribution >= 0.6 is 11.3 Å². The number of amides is 4. The maximum Gasteiger partial charge on any atom is 0.246 e. The fourth-order valence-electron chi connectivity index (χ4n) is 10.4. The predicted molar refractivity (Wildman–Crippen MR) is 280 cm³/mol. The number of anilines is 1. The molecule has 73 heavy (non-hydrogen) atoms. The van der Waals surface area contributed by atoms with Crippen LogP contribution in [0.25, 0.3) is 21.3 Å². The third-order valence-corrected chi connectivity index (χ3v) is 15.5. The fourth-order valence-corrected chi connectivity index (χ4v) is 11.2. The zero-order valence-corrected chi connectivity index (χ0v) is 43.8. The number of aliphatic hydroxyl groups excluding tert-OH is 1. The third kappa shape index (κ3) is 11.7. The lowest BCUT2D eigenvalue weighted by Crippen LogP contribution is -2.57. The van der Waals surface area contributed by atoms with E-state index in [1.165, 1.54) is 4.90 Å². The van der Waals surface area contributed by atoms with E-state index < -0.39 is 34.9 Å². The number of carbonyl (C=O) groups excluding carboxylic acids is 5. The van der Waals surface area contributed by atoms with E-state index in [4.69, 9.17) is 9.47 Å². The molecule has 2 saturated heterocycles. The highest BCUT2D eigenvalue weighted by atomic mass is 32.1. The molecule has 5 N–H and O–H groups in total. The molecule has 3 aromatic carbocycles. The Balaban J connectivity index is 0.731. The number of aromatic nitrogens is 2. The van der Waals surface area contributed by atoms with Crippen molar-refractivity contribution in [2.45, 2.75) is 123 Å². The Morgan fingerprint density at radius 2 is 1.68 bits per heavy atom. The number of rotatable bonds is 18. The lowest BCUT2D eigenvalue weighted by Gasteiger charge is -2.38. The maximum atomic E-state index is 14.1. The summed E-state index contributed by atoms with van der Waals surface area (Å²) in [5.41, 5.74) is 10.3. The van der Waals surface area contributed by atoms with Crippen LogP contribution in [0.15, 0.2) is 60.1 Å². The number of thiazole rings is 1. The number of nitriles is 1. The van der Waals surface area contributed by atoms with Crippen molar-refractivity contribution in [1.29, 1.82) is 5.26 Å². The van der Waals surface area contributed by atoms with Crippen molar-refractivity contribution in [1.82, 2.24) is 30.8 Å². The number of aromatic amines is 1. The van der Waals surface area contributed by atoms with Gasteiger partial charge in [-0.1, -0.05) is 71.9 Å². The Morgan fingerprint density at radius 1 is 0.986 bits per heavy atom. The summed E-state index contributed by atoms with van der Waals surface area (Å²) in [6.07, 6.45) is 1.74. The molecule has 0 unspecified atom stereocenters. The molecular weight excluding hydrogens is 945 g/mol. The van der Waals surface area contributed by atoms with Crippen LogP contribution in [0.2, 0.25) is 0 Å². The van der Waals surface area contributed by atoms with Crippen molar-refractivity contribution in [2.24, 2.45) is 5.41 Å². The standard InChI is InChI=1S/C56H68N8O8S/c1-8-36-26-41-42(56(6,7)51-48(49(41)68)40-14-11-35(29-57)25-43(40)61-51)28-44(36)63-19-15-38(16-20-63)60-46(66)17-21-71-23-24-72-22-18-47(67)62-52(55(3,4)5)54(70)64-31-39(65)27-45(64)53(69)58-30-34-9-12-37(13-10-34)50-33(2)59-32-73-50/h9-14,25-26,28,32,38-39,45,52,61,65H,8,15-24,27,30-31H2,1-7H3,(H,58,69)(H,60,66)(H,62,67)/t39-,45+,52-/m1/s1. The van der Waals surface area contributed by atoms with Crippen LogP contribution in [0, 0.1) is 23.7 Å². The van der Waals surface area contributed by atoms with Crippen molar-refractivity contribution in [2.75, 3.05) is 51.0 Å². The smallest absolute Gasteiger partial charge is 0.246 e. The molecule has 386 valence electrons. The minimum atomic E-state index is -0.951. The molecule has 4 amide bonds. The van der Waals surface area contributed by atoms with Gasteiger partial charge < -0.3 is 45.3 Å². The van der Waals surface area contributed by atoms with Crippen LogP contribution in [0.4, 0.5) is 5.69 Å². The topological polar surface area (TPSA) is 219 Å². The summed E-state index contributed by atoms with van der Waals surface area (Å²) in [6.45, 7) is 16.4. The maximum absolute atomic E-state index is 14.1. The fraction of sp³-hybridized carbons (Fsp3) is 0.482. The molecule has 2 fully saturated rings. The molecule has 0 bridgehead atoms. The quantitative estimate of drug-likeness (QED) is 0.0588. The predicted octanol–water partition coefficient (Wildman–Crippen LogP) is 6.61. The molecule has 1 aliphatic carbocycles. The molecule has 3 atom stereocenters. The molecule has 2 aliphatic heterocycles. The molecule has 0 saturated carbocycles. The van der Waals surface area contributed by atoms with Gasteiger partial charge in [0.05, 0.1) is 65.8 Å². The Bertz CT molecular complexity index is 2900. The average molecular weight is 1010 g/mol. The number of fused-ring (bicyclic) bond motifs is 4. The second kappa shape index (κ2) is 22.3. The zero-order valence-electron chi connectivity index (χ0n) is 43.0. The highest BCUT2D eigenvalue weighted by Gasteiger charge is 2.45. The number of hydrogen-bond acceptors (Lipinski definition) is 12. The second-order valence-corrected chi connectivity index (χ2v) is 21.9. The van der Waals surface area contributed by atoms with E-state index in [9.17, 15) is 34.3 Å². The van der Waals surface area contributed by atoms with E-state index in [0.717, 1.165) is 93.0 Å². The second-order valence-electron chi connectivity index (χ2n) is 21.1. The molecule has 5 aromatic rings. The number of carbonyl (C=O) groups is 5. The van der Waals surface area contributed by atoms with Gasteiger partial charge in [0.25, 0.3) is 0 Å². The van der Waals surface area contributed by atoms with Gasteiger partial charge in [-0.25, -0.2) is 4.98 Å². The van der Waals surface area contributed by atoms with E-state index in [-0.39, 0.29) is 88.3 Å². The summed E-state index contributed by atoms with van der Waals surface area (Å²) in [6, 6.07) is 17.9. The van der Waals surface area contributed by atoms with E-state index in [2.05, 4.69) is 69.8 Å². The number of aliphatic hydroxyl groups is 1. The lowest BCUT2D eigenvalue weighted by molar-refractivity contribution is -0.144. The van der Waals surface area contributed by atoms with Crippen LogP contribution in [0.1, 0.15) is 123 Å². The summed E-state index contributed by atoms with van der Waals surface area (Å²) in [5.74, 6) is -1.28. The number of aryl methyl sites for hydroxylation is 2. The van der Waals surface area contributed by atoms with Crippen LogP contribution < -0.4 is 20.9 Å². The van der Waals surface area contributed by atoms with E-state index in [1.54, 1.807) is 23.5 Å². The van der Waals surface area contributed by atoms with Crippen LogP contribution in [0.3, 0.4) is 0 Å². The van der Waals surface area contributed by atoms with E-state index in [1.807, 2.05) is 63.5 Å². The molecule has 8 rings (SSSR count). The number of ether oxygens (including phenoxy) is 2. The zero-order chi connectivity index (χ0) is 52.2. The summed E-state index contributed by atoms with van der Waals surface area (Å²) in [4.78, 5) is 80.3. The summed E-state index contributed by atoms with van der Waals surface area (Å²) >= 11 is 1.57. The first-order chi connectivity index (χ1) is 34.9. The number of hydrogen-bond donors (Lipinski definition) is 5. The van der Waals surface area contributed by atoms with Crippen molar-refractivity contribution < 1.29 is 38.6 Å². The number of benzene rings is 3. The van der Waals surface area contributed by atoms with Gasteiger partial charge in [0.1, 0.15) is 12.1 Å². The Morgan fingerprint density at radius 3 is 2.33 bits per heavy atom. The molecule has 0 spiro atoms. The summed E-state index contributed by atoms with van der Waals surface area (Å²) < 4.78 is 11.3. The van der Waals surface area contributed by atoms with Gasteiger partial charge in [-0.3, -0.25) is 24.0 Å². The SMILES string of the molecule is CCc1cc2c(cc1N1CCC(NC(=O)CCOCCOCCC(=O)N[C@H](C(=O)N3C[C@H](O)C[C@H]3C(=O)NCc3ccc(-c4scnc4C)cc3)C(C)(C)C)CC1)C(C)(C)c1[nH]c3cc(C#N)ccc3c1C2=O. The number of nitrogens with one attached hydrogen (secondary N) is 4. The Labute approximate surface area is 431 Å². The number of ketones is 1. The number of H-pyrrole nitrogens is 1. The minimum absolute atomic E-state index is 0.00169. The Kier molecular flexibility index (Phi) is 16.2. The van der Waals surface area contributed by atoms with Crippen LogP contribution in [0.5, 0.6) is 0 Å². The largest absolute Gasteiger partial charge is 0.391 e. The van der Waals surface area contributed by atoms with Gasteiger partial charge in [0, 0.05) is 84.7 Å². The highest BCUT2D eigenvalue weighted by Crippen LogP contribution is 2.46. The molecule has 17 heteroatoms. The first kappa shape index (κ1) is 52.9. The van der Waals surface area contributed by atoms with E-state index >= 15 is 0 Å². The van der Waals surface area contributed by atoms with Crippen molar-refractivity contribution >= 4 is 57.3 Å². The molecule has 2 aromatic heterocycles. The number of piperidine rings is 1. The molecule has 0 radical (unpaired) electrons. The van der Waals surface area contributed by atoms with Gasteiger partial charge >= 0.3 is 0 Å². The first-order valence-electron chi connectivity index (χ1n) is 25.4. The third-order valence-electron chi connectivity index (χ3n) is 14.5. The van der Waals surface area contributed by atoms with E-state index in [0.29, 0.717) is 11.1 Å². The average Bonchev–Trinajstić information content (AvgIpc) is 4.11. The summed E-state index contributed by atoms with van der Waals surface area (Å²) in [7, 11) is 0. The number of β-amino-alcohol motifs (C(OH)–C–C–N with tert-alkyl or cyclic N) is 1. The van der Waals surface area contributed by atoms with Crippen molar-refractivity contribution in [3.63, 3.8) is 0 Å². The van der Waals surface area contributed by atoms with Crippen LogP contribution in [-0.4, -0.2) is 120 Å². The van der Waals surface area contributed by atoms with Crippen molar-refractivity contribution in [3.8, 4) is 16.5 Å². The lowest BCUT2D eigenvalue weighted by atomic mass is 9.70. The van der Waals surface area contributed by atoms with Gasteiger partial charge in [0.2, 0.25) is 23.6 Å². The molecule has 4 heterocycles. The van der Waals surface area contributed by atoms with Gasteiger partial charge in [-0.15, -0.1) is 11.3 Å². The van der Waals surface area contributed by atoms with Crippen LogP contribution in [-0.2, 0) is 47.0 Å². The Hall–Kier alpha value is -6.45. The molecule has 3 aliphatic rings. The summed E-state index contributed by atoms with van der Waals surface area (Å²) in [5, 5.41) is 29.9. The number of likely N-dealkylation sites (tertiary alicyclic amines) is 1.